The molecule has 0 saturated carbocycles. The number of nitrogen functional groups attached to an aromatic ring is 1. The maximum atomic E-state index is 11.9. The van der Waals surface area contributed by atoms with Crippen molar-refractivity contribution >= 4 is 40.9 Å². The highest BCUT2D eigenvalue weighted by Gasteiger charge is 2.07. The molecule has 0 aliphatic rings. The molecule has 2 aromatic carbocycles. The van der Waals surface area contributed by atoms with Gasteiger partial charge in [0.25, 0.3) is 0 Å². The van der Waals surface area contributed by atoms with Crippen LogP contribution in [0, 0.1) is 0 Å². The van der Waals surface area contributed by atoms with Crippen LogP contribution in [0.2, 0.25) is 0 Å². The summed E-state index contributed by atoms with van der Waals surface area (Å²) >= 11 is 1.57. The summed E-state index contributed by atoms with van der Waals surface area (Å²) in [6, 6.07) is 19.0. The molecule has 0 saturated heterocycles. The van der Waals surface area contributed by atoms with Gasteiger partial charge in [0.15, 0.2) is 0 Å². The van der Waals surface area contributed by atoms with Gasteiger partial charge in [0.05, 0.1) is 5.75 Å². The molecule has 0 fully saturated rings. The van der Waals surface area contributed by atoms with Gasteiger partial charge in [0.1, 0.15) is 5.82 Å². The predicted octanol–water partition coefficient (Wildman–Crippen LogP) is 3.46. The lowest BCUT2D eigenvalue weighted by Crippen LogP contribution is -2.12. The van der Waals surface area contributed by atoms with Gasteiger partial charge in [-0.15, -0.1) is 0 Å². The minimum Gasteiger partial charge on any atom is -0.368 e. The highest BCUT2D eigenvalue weighted by atomic mass is 32.2. The van der Waals surface area contributed by atoms with Crippen molar-refractivity contribution in [2.75, 3.05) is 22.1 Å². The fourth-order valence-corrected chi connectivity index (χ4v) is 3.07. The summed E-state index contributed by atoms with van der Waals surface area (Å²) in [5.41, 5.74) is 7.45. The lowest BCUT2D eigenvalue weighted by molar-refractivity contribution is -0.115. The third-order valence-electron chi connectivity index (χ3n) is 3.49. The number of nitrogens with two attached hydrogens (primary N) is 1. The molecular formula is C19H20N6OS. The van der Waals surface area contributed by atoms with E-state index in [0.29, 0.717) is 29.7 Å². The van der Waals surface area contributed by atoms with E-state index < -0.39 is 0 Å². The van der Waals surface area contributed by atoms with Gasteiger partial charge in [-0.05, 0) is 24.3 Å². The number of anilines is 4. The van der Waals surface area contributed by atoms with Crippen molar-refractivity contribution in [3.05, 3.63) is 66.5 Å². The predicted molar refractivity (Wildman–Crippen MR) is 110 cm³/mol. The van der Waals surface area contributed by atoms with Gasteiger partial charge in [0.2, 0.25) is 17.8 Å². The first-order valence-corrected chi connectivity index (χ1v) is 9.59. The van der Waals surface area contributed by atoms with Gasteiger partial charge in [-0.2, -0.15) is 26.7 Å². The molecule has 3 aromatic rings. The zero-order valence-electron chi connectivity index (χ0n) is 14.6. The van der Waals surface area contributed by atoms with Crippen LogP contribution >= 0.6 is 11.8 Å². The Morgan fingerprint density at radius 1 is 0.926 bits per heavy atom. The highest BCUT2D eigenvalue weighted by molar-refractivity contribution is 7.98. The number of benzene rings is 2. The van der Waals surface area contributed by atoms with Gasteiger partial charge >= 0.3 is 0 Å². The molecule has 27 heavy (non-hydrogen) atoms. The van der Waals surface area contributed by atoms with Crippen molar-refractivity contribution in [1.82, 2.24) is 15.0 Å². The first kappa shape index (κ1) is 18.7. The van der Waals surface area contributed by atoms with E-state index in [-0.39, 0.29) is 11.9 Å². The summed E-state index contributed by atoms with van der Waals surface area (Å²) in [6.45, 7) is 0. The molecule has 0 spiro atoms. The molecule has 1 aromatic heterocycles. The van der Waals surface area contributed by atoms with Gasteiger partial charge in [-0.1, -0.05) is 36.4 Å². The molecule has 3 rings (SSSR count). The second-order valence-corrected chi connectivity index (χ2v) is 6.75. The quantitative estimate of drug-likeness (QED) is 0.514. The molecule has 0 bridgehead atoms. The lowest BCUT2D eigenvalue weighted by atomic mass is 10.3. The number of hydrogen-bond donors (Lipinski definition) is 3. The van der Waals surface area contributed by atoms with Crippen LogP contribution in [0.25, 0.3) is 0 Å². The Kier molecular flexibility index (Phi) is 6.59. The van der Waals surface area contributed by atoms with E-state index in [9.17, 15) is 4.79 Å². The molecule has 4 N–H and O–H groups in total. The molecule has 7 nitrogen and oxygen atoms in total. The summed E-state index contributed by atoms with van der Waals surface area (Å²) in [5, 5.41) is 5.97. The Morgan fingerprint density at radius 3 is 2.30 bits per heavy atom. The maximum absolute atomic E-state index is 11.9. The van der Waals surface area contributed by atoms with Crippen molar-refractivity contribution in [3.8, 4) is 0 Å². The van der Waals surface area contributed by atoms with Crippen molar-refractivity contribution in [1.29, 1.82) is 0 Å². The molecule has 0 radical (unpaired) electrons. The fourth-order valence-electron chi connectivity index (χ4n) is 2.28. The monoisotopic (exact) mass is 380 g/mol. The number of thioether (sulfide) groups is 1. The second kappa shape index (κ2) is 9.54. The Bertz CT molecular complexity index is 876. The first-order chi connectivity index (χ1) is 13.2. The van der Waals surface area contributed by atoms with Crippen molar-refractivity contribution in [2.45, 2.75) is 12.2 Å². The summed E-state index contributed by atoms with van der Waals surface area (Å²) in [5.74, 6) is 2.34. The van der Waals surface area contributed by atoms with E-state index in [1.807, 2.05) is 60.7 Å². The molecular weight excluding hydrogens is 360 g/mol. The molecule has 138 valence electrons. The number of rotatable bonds is 8. The fraction of sp³-hybridized carbons (Fsp3) is 0.158. The Morgan fingerprint density at radius 2 is 1.59 bits per heavy atom. The number of carbonyl (C=O) groups is 1. The van der Waals surface area contributed by atoms with E-state index in [1.54, 1.807) is 11.8 Å². The van der Waals surface area contributed by atoms with Crippen molar-refractivity contribution in [3.63, 3.8) is 0 Å². The van der Waals surface area contributed by atoms with E-state index in [4.69, 9.17) is 5.73 Å². The van der Waals surface area contributed by atoms with Crippen molar-refractivity contribution < 1.29 is 4.79 Å². The molecule has 0 atom stereocenters. The molecule has 1 heterocycles. The van der Waals surface area contributed by atoms with Crippen molar-refractivity contribution in [2.24, 2.45) is 0 Å². The first-order valence-electron chi connectivity index (χ1n) is 8.44. The van der Waals surface area contributed by atoms with Crippen LogP contribution in [0.1, 0.15) is 12.2 Å². The number of carbonyl (C=O) groups excluding carboxylic acids is 1. The minimum absolute atomic E-state index is 0.0182. The van der Waals surface area contributed by atoms with E-state index >= 15 is 0 Å². The molecule has 0 aliphatic heterocycles. The lowest BCUT2D eigenvalue weighted by Gasteiger charge is -2.07. The number of para-hydroxylation sites is 2. The molecule has 0 unspecified atom stereocenters. The van der Waals surface area contributed by atoms with Gasteiger partial charge in [0, 0.05) is 23.5 Å². The number of nitrogens with zero attached hydrogens (tertiary/aromatic N) is 3. The van der Waals surface area contributed by atoms with Crippen LogP contribution in [0.15, 0.2) is 60.7 Å². The molecule has 0 aliphatic carbocycles. The standard InChI is InChI=1S/C19H20N6OS/c20-18-23-16(24-19(25-18)22-15-9-5-2-6-10-15)13-27-12-11-17(26)21-14-7-3-1-4-8-14/h1-10H,11-13H2,(H,21,26)(H3,20,22,23,24,25). The molecule has 1 amide bonds. The van der Waals surface area contributed by atoms with E-state index in [0.717, 1.165) is 11.4 Å². The Labute approximate surface area is 161 Å². The second-order valence-electron chi connectivity index (χ2n) is 5.64. The zero-order chi connectivity index (χ0) is 18.9. The topological polar surface area (TPSA) is 106 Å². The smallest absolute Gasteiger partial charge is 0.232 e. The third-order valence-corrected chi connectivity index (χ3v) is 4.45. The minimum atomic E-state index is -0.0182. The van der Waals surface area contributed by atoms with Gasteiger partial charge in [-0.25, -0.2) is 0 Å². The average Bonchev–Trinajstić information content (AvgIpc) is 2.66. The normalized spacial score (nSPS) is 10.4. The summed E-state index contributed by atoms with van der Waals surface area (Å²) < 4.78 is 0. The van der Waals surface area contributed by atoms with Crippen LogP contribution in [-0.4, -0.2) is 26.6 Å². The maximum Gasteiger partial charge on any atom is 0.232 e. The summed E-state index contributed by atoms with van der Waals surface area (Å²) in [7, 11) is 0. The summed E-state index contributed by atoms with van der Waals surface area (Å²) in [6.07, 6.45) is 0.412. The number of nitrogens with one attached hydrogen (secondary N) is 2. The SMILES string of the molecule is Nc1nc(CSCCC(=O)Nc2ccccc2)nc(Nc2ccccc2)n1. The van der Waals surface area contributed by atoms with Crippen LogP contribution < -0.4 is 16.4 Å². The van der Waals surface area contributed by atoms with Crippen LogP contribution in [0.5, 0.6) is 0 Å². The summed E-state index contributed by atoms with van der Waals surface area (Å²) in [4.78, 5) is 24.6. The Hall–Kier alpha value is -3.13. The van der Waals surface area contributed by atoms with E-state index in [2.05, 4.69) is 25.6 Å². The van der Waals surface area contributed by atoms with Crippen LogP contribution in [-0.2, 0) is 10.5 Å². The number of aromatic nitrogens is 3. The van der Waals surface area contributed by atoms with E-state index in [1.165, 1.54) is 0 Å². The van der Waals surface area contributed by atoms with Crippen LogP contribution in [0.3, 0.4) is 0 Å². The van der Waals surface area contributed by atoms with Crippen LogP contribution in [0.4, 0.5) is 23.3 Å². The van der Waals surface area contributed by atoms with Gasteiger partial charge < -0.3 is 16.4 Å². The number of amides is 1. The molecule has 8 heteroatoms. The largest absolute Gasteiger partial charge is 0.368 e. The average molecular weight is 380 g/mol. The highest BCUT2D eigenvalue weighted by Crippen LogP contribution is 2.16. The zero-order valence-corrected chi connectivity index (χ0v) is 15.4. The Balaban J connectivity index is 1.47. The van der Waals surface area contributed by atoms with Gasteiger partial charge in [-0.3, -0.25) is 4.79 Å². The third kappa shape index (κ3) is 6.27. The number of hydrogen-bond acceptors (Lipinski definition) is 7.